The van der Waals surface area contributed by atoms with Crippen molar-refractivity contribution in [3.05, 3.63) is 94.5 Å². The molecule has 0 radical (unpaired) electrons. The molecule has 30 heavy (non-hydrogen) atoms. The number of benzene rings is 3. The molecule has 0 spiro atoms. The van der Waals surface area contributed by atoms with Gasteiger partial charge < -0.3 is 5.11 Å². The van der Waals surface area contributed by atoms with Crippen LogP contribution in [0.3, 0.4) is 0 Å². The fourth-order valence-electron chi connectivity index (χ4n) is 2.87. The molecule has 0 heterocycles. The zero-order chi connectivity index (χ0) is 22.2. The highest BCUT2D eigenvalue weighted by Gasteiger charge is 2.63. The summed E-state index contributed by atoms with van der Waals surface area (Å²) in [6.45, 7) is 0. The van der Waals surface area contributed by atoms with E-state index in [-0.39, 0.29) is 10.0 Å². The lowest BCUT2D eigenvalue weighted by molar-refractivity contribution is 0.0944. The van der Waals surface area contributed by atoms with Crippen molar-refractivity contribution in [1.29, 1.82) is 0 Å². The van der Waals surface area contributed by atoms with E-state index >= 15 is 4.39 Å². The molecule has 0 saturated carbocycles. The molecule has 158 valence electrons. The van der Waals surface area contributed by atoms with Crippen molar-refractivity contribution in [1.82, 2.24) is 0 Å². The average Bonchev–Trinajstić information content (AvgIpc) is 2.73. The maximum Gasteiger partial charge on any atom is 0.346 e. The molecule has 0 fully saturated rings. The van der Waals surface area contributed by atoms with Crippen molar-refractivity contribution in [2.45, 2.75) is 20.2 Å². The lowest BCUT2D eigenvalue weighted by Crippen LogP contribution is -2.47. The van der Waals surface area contributed by atoms with Gasteiger partial charge in [0, 0.05) is 15.6 Å². The molecule has 0 aliphatic rings. The van der Waals surface area contributed by atoms with Crippen LogP contribution in [0, 0.1) is 0 Å². The van der Waals surface area contributed by atoms with E-state index < -0.39 is 45.5 Å². The molecule has 0 saturated heterocycles. The van der Waals surface area contributed by atoms with Gasteiger partial charge >= 0.3 is 4.33 Å². The molecule has 0 aromatic heterocycles. The van der Waals surface area contributed by atoms with Crippen molar-refractivity contribution in [3.8, 4) is 0 Å². The quantitative estimate of drug-likeness (QED) is 0.547. The Labute approximate surface area is 183 Å². The van der Waals surface area contributed by atoms with Gasteiger partial charge in [-0.2, -0.15) is 0 Å². The first-order valence-corrected chi connectivity index (χ1v) is 12.2. The summed E-state index contributed by atoms with van der Waals surface area (Å²) in [6, 6.07) is 15.8. The second-order valence-electron chi connectivity index (χ2n) is 6.28. The number of halogens is 3. The van der Waals surface area contributed by atoms with Gasteiger partial charge in [0.05, 0.1) is 9.79 Å². The predicted octanol–water partition coefficient (Wildman–Crippen LogP) is 4.60. The fraction of sp³-hybridized carbons (Fsp3) is 0.100. The molecule has 0 amide bonds. The number of aliphatic hydroxyl groups excluding tert-OH is 1. The van der Waals surface area contributed by atoms with Crippen molar-refractivity contribution >= 4 is 42.9 Å². The molecule has 10 heteroatoms. The van der Waals surface area contributed by atoms with Crippen LogP contribution in [-0.2, 0) is 19.7 Å². The lowest BCUT2D eigenvalue weighted by Gasteiger charge is -2.30. The molecule has 1 N–H and O–H groups in total. The number of hydrogen-bond donors (Lipinski definition) is 1. The highest BCUT2D eigenvalue weighted by Crippen LogP contribution is 2.47. The van der Waals surface area contributed by atoms with Gasteiger partial charge in [-0.05, 0) is 36.4 Å². The van der Waals surface area contributed by atoms with Gasteiger partial charge in [0.2, 0.25) is 19.7 Å². The molecular formula is C20H15Cl2FO5S2. The Kier molecular flexibility index (Phi) is 6.27. The third-order valence-electron chi connectivity index (χ3n) is 4.42. The Bertz CT molecular complexity index is 1200. The molecule has 1 atom stereocenters. The second-order valence-corrected chi connectivity index (χ2v) is 11.5. The van der Waals surface area contributed by atoms with Crippen LogP contribution in [0.5, 0.6) is 0 Å². The SMILES string of the molecule is O=S(=O)(c1ccccc1)C(F)(C(O)c1ccc(Cl)cc1Cl)S(=O)(=O)c1ccccc1. The van der Waals surface area contributed by atoms with Crippen molar-refractivity contribution in [3.63, 3.8) is 0 Å². The first-order valence-electron chi connectivity index (χ1n) is 8.45. The summed E-state index contributed by atoms with van der Waals surface area (Å²) >= 11 is 11.8. The molecule has 3 aromatic rings. The van der Waals surface area contributed by atoms with E-state index in [9.17, 15) is 21.9 Å². The molecular weight excluding hydrogens is 474 g/mol. The van der Waals surface area contributed by atoms with Crippen LogP contribution in [0.2, 0.25) is 10.0 Å². The van der Waals surface area contributed by atoms with E-state index in [2.05, 4.69) is 0 Å². The number of alkyl halides is 1. The van der Waals surface area contributed by atoms with Crippen LogP contribution in [0.1, 0.15) is 11.7 Å². The summed E-state index contributed by atoms with van der Waals surface area (Å²) in [4.78, 5) is -1.23. The number of aliphatic hydroxyl groups is 1. The van der Waals surface area contributed by atoms with Crippen LogP contribution in [0.15, 0.2) is 88.7 Å². The smallest absolute Gasteiger partial charge is 0.346 e. The van der Waals surface area contributed by atoms with E-state index in [1.165, 1.54) is 42.5 Å². The number of rotatable bonds is 6. The van der Waals surface area contributed by atoms with Gasteiger partial charge in [0.1, 0.15) is 6.10 Å². The van der Waals surface area contributed by atoms with Crippen molar-refractivity contribution < 1.29 is 26.3 Å². The lowest BCUT2D eigenvalue weighted by atomic mass is 10.1. The van der Waals surface area contributed by atoms with E-state index in [1.54, 1.807) is 0 Å². The Morgan fingerprint density at radius 3 is 1.60 bits per heavy atom. The molecule has 0 aliphatic carbocycles. The Morgan fingerprint density at radius 2 is 1.20 bits per heavy atom. The standard InChI is InChI=1S/C20H15Cl2FO5S2/c21-14-11-12-17(18(22)13-14)19(24)20(23,29(25,26)15-7-3-1-4-8-15)30(27,28)16-9-5-2-6-10-16/h1-13,19,24H. The highest BCUT2D eigenvalue weighted by molar-refractivity contribution is 8.10. The maximum atomic E-state index is 16.6. The largest absolute Gasteiger partial charge is 0.383 e. The summed E-state index contributed by atoms with van der Waals surface area (Å²) in [5, 5.41) is 10.7. The zero-order valence-electron chi connectivity index (χ0n) is 15.1. The summed E-state index contributed by atoms with van der Waals surface area (Å²) in [5.74, 6) is 0. The van der Waals surface area contributed by atoms with E-state index in [0.29, 0.717) is 0 Å². The predicted molar refractivity (Wildman–Crippen MR) is 113 cm³/mol. The molecule has 3 rings (SSSR count). The fourth-order valence-corrected chi connectivity index (χ4v) is 7.63. The second kappa shape index (κ2) is 8.28. The van der Waals surface area contributed by atoms with Gasteiger partial charge in [-0.15, -0.1) is 0 Å². The van der Waals surface area contributed by atoms with Gasteiger partial charge in [-0.25, -0.2) is 21.2 Å². The third-order valence-corrected chi connectivity index (χ3v) is 10.0. The molecule has 3 aromatic carbocycles. The number of sulfone groups is 2. The van der Waals surface area contributed by atoms with E-state index in [1.807, 2.05) is 0 Å². The van der Waals surface area contributed by atoms with Crippen LogP contribution in [0.25, 0.3) is 0 Å². The minimum atomic E-state index is -5.28. The van der Waals surface area contributed by atoms with Gasteiger partial charge in [-0.3, -0.25) is 0 Å². The topological polar surface area (TPSA) is 88.5 Å². The van der Waals surface area contributed by atoms with Crippen LogP contribution in [-0.4, -0.2) is 26.3 Å². The van der Waals surface area contributed by atoms with E-state index in [4.69, 9.17) is 23.2 Å². The van der Waals surface area contributed by atoms with Crippen LogP contribution < -0.4 is 0 Å². The third kappa shape index (κ3) is 3.63. The van der Waals surface area contributed by atoms with Gasteiger partial charge in [-0.1, -0.05) is 65.7 Å². The van der Waals surface area contributed by atoms with Gasteiger partial charge in [0.15, 0.2) is 0 Å². The van der Waals surface area contributed by atoms with Crippen molar-refractivity contribution in [2.24, 2.45) is 0 Å². The summed E-state index contributed by atoms with van der Waals surface area (Å²) in [7, 11) is -10.6. The Morgan fingerprint density at radius 1 is 0.767 bits per heavy atom. The molecule has 5 nitrogen and oxygen atoms in total. The highest BCUT2D eigenvalue weighted by atomic mass is 35.5. The summed E-state index contributed by atoms with van der Waals surface area (Å²) in [6.07, 6.45) is -2.67. The molecule has 0 bridgehead atoms. The molecule has 0 aliphatic heterocycles. The van der Waals surface area contributed by atoms with Crippen LogP contribution >= 0.6 is 23.2 Å². The maximum absolute atomic E-state index is 16.6. The number of hydrogen-bond acceptors (Lipinski definition) is 5. The average molecular weight is 489 g/mol. The zero-order valence-corrected chi connectivity index (χ0v) is 18.3. The Hall–Kier alpha value is -1.97. The minimum absolute atomic E-state index is 0.136. The van der Waals surface area contributed by atoms with Crippen LogP contribution in [0.4, 0.5) is 4.39 Å². The van der Waals surface area contributed by atoms with Crippen molar-refractivity contribution in [2.75, 3.05) is 0 Å². The molecule has 1 unspecified atom stereocenters. The van der Waals surface area contributed by atoms with Gasteiger partial charge in [0.25, 0.3) is 0 Å². The van der Waals surface area contributed by atoms with E-state index in [0.717, 1.165) is 36.4 Å². The normalized spacial score (nSPS) is 13.7. The first kappa shape index (κ1) is 22.7. The summed E-state index contributed by atoms with van der Waals surface area (Å²) in [5.41, 5.74) is -0.442. The first-order chi connectivity index (χ1) is 14.0. The Balaban J connectivity index is 2.35. The monoisotopic (exact) mass is 488 g/mol. The minimum Gasteiger partial charge on any atom is -0.383 e. The summed E-state index contributed by atoms with van der Waals surface area (Å²) < 4.78 is 65.5.